The van der Waals surface area contributed by atoms with Gasteiger partial charge in [0, 0.05) is 0 Å². The molecule has 12 nitrogen and oxygen atoms in total. The van der Waals surface area contributed by atoms with Gasteiger partial charge in [0.2, 0.25) is 0 Å². The summed E-state index contributed by atoms with van der Waals surface area (Å²) in [7, 11) is 7.13. The number of hydrogen-bond acceptors (Lipinski definition) is 6. The summed E-state index contributed by atoms with van der Waals surface area (Å²) in [5.41, 5.74) is 1.30. The first-order chi connectivity index (χ1) is 37.8. The number of rotatable bonds is 8. The minimum absolute atomic E-state index is 0.216. The van der Waals surface area contributed by atoms with Gasteiger partial charge in [-0.15, -0.1) is 24.2 Å². The molecular formula is C66H156N12Ta6-12. The Balaban J connectivity index is -0.0000000346. The van der Waals surface area contributed by atoms with Crippen LogP contribution in [-0.2, 0) is 125 Å². The average Bonchev–Trinajstić information content (AvgIpc) is 3.33. The maximum Gasteiger partial charge on any atom is -0.0818 e. The Morgan fingerprint density at radius 1 is 0.298 bits per heavy atom. The van der Waals surface area contributed by atoms with Crippen LogP contribution in [0.3, 0.4) is 0 Å². The molecule has 0 aromatic rings. The van der Waals surface area contributed by atoms with E-state index in [-0.39, 0.29) is 33.2 Å². The van der Waals surface area contributed by atoms with Crippen molar-refractivity contribution in [2.75, 3.05) is 54.4 Å². The van der Waals surface area contributed by atoms with Crippen molar-refractivity contribution in [3.63, 3.8) is 0 Å². The summed E-state index contributed by atoms with van der Waals surface area (Å²) < 4.78 is 24.8. The monoisotopic (exact) mass is 2200 g/mol. The molecule has 0 aromatic carbocycles. The summed E-state index contributed by atoms with van der Waals surface area (Å²) in [5, 5.41) is 23.5. The molecule has 18 heteroatoms. The van der Waals surface area contributed by atoms with Gasteiger partial charge >= 0.3 is 303 Å². The first-order valence-electron chi connectivity index (χ1n) is 30.0. The minimum Gasteiger partial charge on any atom is -0.668 e. The third kappa shape index (κ3) is 551. The third-order valence-electron chi connectivity index (χ3n) is 4.22. The van der Waals surface area contributed by atoms with Crippen molar-refractivity contribution in [1.29, 1.82) is 0 Å². The van der Waals surface area contributed by atoms with E-state index in [0.29, 0.717) is 24.2 Å². The van der Waals surface area contributed by atoms with Gasteiger partial charge in [0.05, 0.1) is 0 Å². The van der Waals surface area contributed by atoms with Crippen LogP contribution in [0.1, 0.15) is 291 Å². The Morgan fingerprint density at radius 3 is 0.417 bits per heavy atom. The van der Waals surface area contributed by atoms with Crippen LogP contribution >= 0.6 is 0 Å². The SMILES string of the molecule is CC(C)(C)[N]=[Ta].CC(C)(C)[N]=[Ta].CC(C)(C)[N]=[Ta].CC(C)(C)[N]=[Ta].CC(C)(C)[N]=[Ta].CC(C)(C)[N]=[Ta].CC(C)[N-]C(C)C.CC[N-]C.CC[N-]C(C)C.CC[N-]CC.C[CH-]C.C[CH-]C.C[CH-]C.C[CH-]C.C[CH-]C.C[CH-]C.C[N-]C.C[N-]C(C)C. The van der Waals surface area contributed by atoms with Gasteiger partial charge in [-0.2, -0.15) is 137 Å². The molecule has 0 heterocycles. The summed E-state index contributed by atoms with van der Waals surface area (Å²) in [5.74, 6) is 0. The van der Waals surface area contributed by atoms with Crippen LogP contribution in [0.25, 0.3) is 31.9 Å². The number of nitrogens with zero attached hydrogens (tertiary/aromatic N) is 12. The second-order valence-corrected chi connectivity index (χ2v) is 28.6. The molecular weight excluding hydrogens is 2050 g/mol. The predicted octanol–water partition coefficient (Wildman–Crippen LogP) is 24.9. The van der Waals surface area contributed by atoms with Gasteiger partial charge in [-0.1, -0.05) is 83.1 Å². The van der Waals surface area contributed by atoms with Crippen LogP contribution in [-0.4, -0.2) is 112 Å². The Bertz CT molecular complexity index is 876. The molecule has 0 fully saturated rings. The van der Waals surface area contributed by atoms with Crippen molar-refractivity contribution >= 4 is 0 Å². The zero-order valence-electron chi connectivity index (χ0n) is 65.7. The van der Waals surface area contributed by atoms with Gasteiger partial charge in [-0.25, -0.2) is 0 Å². The van der Waals surface area contributed by atoms with E-state index in [1.807, 2.05) is 149 Å². The molecule has 0 unspecified atom stereocenters. The molecule has 522 valence electrons. The maximum absolute atomic E-state index is 4.28. The van der Waals surface area contributed by atoms with Crippen LogP contribution in [0, 0.1) is 38.5 Å². The van der Waals surface area contributed by atoms with Gasteiger partial charge in [0.15, 0.2) is 0 Å². The number of hydrogen-bond donors (Lipinski definition) is 0. The van der Waals surface area contributed by atoms with E-state index in [1.165, 1.54) is 0 Å². The maximum atomic E-state index is 4.28. The van der Waals surface area contributed by atoms with Gasteiger partial charge in [-0.3, -0.25) is 0 Å². The average molecular weight is 2200 g/mol. The van der Waals surface area contributed by atoms with Crippen LogP contribution in [0.15, 0.2) is 20.0 Å². The first kappa shape index (κ1) is 135. The molecule has 0 aliphatic carbocycles. The molecule has 0 radical (unpaired) electrons. The zero-order chi connectivity index (χ0) is 72.9. The van der Waals surface area contributed by atoms with Crippen molar-refractivity contribution in [3.05, 3.63) is 70.4 Å². The second kappa shape index (κ2) is 117. The molecule has 0 saturated carbocycles. The van der Waals surface area contributed by atoms with Crippen molar-refractivity contribution in [2.24, 2.45) is 20.0 Å². The van der Waals surface area contributed by atoms with E-state index in [9.17, 15) is 0 Å². The van der Waals surface area contributed by atoms with Crippen molar-refractivity contribution in [1.82, 2.24) is 0 Å². The van der Waals surface area contributed by atoms with Gasteiger partial charge < -0.3 is 70.4 Å². The fourth-order valence-corrected chi connectivity index (χ4v) is 1.19. The molecule has 0 saturated heterocycles. The van der Waals surface area contributed by atoms with Crippen LogP contribution < -0.4 is 0 Å². The summed E-state index contributed by atoms with van der Waals surface area (Å²) in [6.07, 6.45) is 12.0. The summed E-state index contributed by atoms with van der Waals surface area (Å²) in [4.78, 5) is 0. The van der Waals surface area contributed by atoms with E-state index < -0.39 is 0 Å². The van der Waals surface area contributed by atoms with Gasteiger partial charge in [-0.05, 0) is 0 Å². The summed E-state index contributed by atoms with van der Waals surface area (Å²) >= 11 is 6.87. The Kier molecular flexibility index (Phi) is 188. The van der Waals surface area contributed by atoms with Crippen molar-refractivity contribution in [2.45, 2.75) is 348 Å². The summed E-state index contributed by atoms with van der Waals surface area (Å²) in [6, 6.07) is 2.03. The van der Waals surface area contributed by atoms with Gasteiger partial charge in [0.1, 0.15) is 0 Å². The van der Waals surface area contributed by atoms with E-state index in [2.05, 4.69) is 239 Å². The normalized spacial score (nSPS) is 9.29. The summed E-state index contributed by atoms with van der Waals surface area (Å²) in [6.45, 7) is 90.5. The third-order valence-corrected chi connectivity index (χ3v) is 17.2. The molecule has 0 rings (SSSR count). The molecule has 0 spiro atoms. The van der Waals surface area contributed by atoms with Crippen LogP contribution in [0.4, 0.5) is 0 Å². The topological polar surface area (TPSA) is 159 Å². The molecule has 0 aromatic heterocycles. The zero-order valence-corrected chi connectivity index (χ0v) is 84.9. The molecule has 0 bridgehead atoms. The standard InChI is InChI=1S/C6H14N.C5H12N.C4H10N.6C4H9N.C4H10N.C3H8N.6C3H7.C2H6N.6Ta/c1-5(2)7-6(3)4;1-4-6-5(2)3;1-4(2)5-3;6*1-4(2,3)5;1-3-5-4-2;1-3-4-2;7*1-3-2;;;;;;/h5-6H,1-4H3;5H,4H2,1-3H3;4H,1-3H3;6*1-3H3;3-4H2,1-2H3;3H2,1-2H3;6*3H,1-2H3;1-2H3;;;;;;/q3*-1;;;;;;;9*-1;;;;;;. The van der Waals surface area contributed by atoms with Crippen molar-refractivity contribution in [3.8, 4) is 0 Å². The molecule has 0 amide bonds. The van der Waals surface area contributed by atoms with Crippen LogP contribution in [0.2, 0.25) is 0 Å². The molecule has 0 aliphatic rings. The molecule has 0 aliphatic heterocycles. The van der Waals surface area contributed by atoms with E-state index in [1.54, 1.807) is 21.1 Å². The Morgan fingerprint density at radius 2 is 0.417 bits per heavy atom. The Labute approximate surface area is 611 Å². The largest absolute Gasteiger partial charge is 0.668 e. The smallest absolute Gasteiger partial charge is 0.0818 e. The molecule has 0 N–H and O–H groups in total. The Hall–Kier alpha value is 3.00. The predicted molar refractivity (Wildman–Crippen MR) is 374 cm³/mol. The second-order valence-electron chi connectivity index (χ2n) is 24.3. The minimum atomic E-state index is 0.216. The molecule has 84 heavy (non-hydrogen) atoms. The van der Waals surface area contributed by atoms with E-state index in [0.717, 1.165) is 152 Å². The van der Waals surface area contributed by atoms with Gasteiger partial charge in [0.25, 0.3) is 0 Å². The van der Waals surface area contributed by atoms with E-state index >= 15 is 0 Å². The first-order valence-corrected chi connectivity index (χ1v) is 38.6. The van der Waals surface area contributed by atoms with Crippen molar-refractivity contribution < 1.29 is 125 Å². The van der Waals surface area contributed by atoms with Crippen LogP contribution in [0.5, 0.6) is 0 Å². The fraction of sp³-hybridized carbons (Fsp3) is 0.909. The quantitative estimate of drug-likeness (QED) is 0.212. The molecule has 0 atom stereocenters. The fourth-order valence-electron chi connectivity index (χ4n) is 1.19. The van der Waals surface area contributed by atoms with E-state index in [4.69, 9.17) is 0 Å².